The molecule has 3 aromatic carbocycles. The topological polar surface area (TPSA) is 84.2 Å². The molecule has 33 heavy (non-hydrogen) atoms. The largest absolute Gasteiger partial charge is 0.372 e. The van der Waals surface area contributed by atoms with Crippen molar-refractivity contribution in [1.29, 1.82) is 0 Å². The third kappa shape index (κ3) is 5.06. The van der Waals surface area contributed by atoms with Crippen LogP contribution in [0.25, 0.3) is 11.3 Å². The van der Waals surface area contributed by atoms with Crippen molar-refractivity contribution in [2.24, 2.45) is 0 Å². The molecule has 0 radical (unpaired) electrons. The molecule has 4 rings (SSSR count). The Kier molecular flexibility index (Phi) is 6.47. The Balaban J connectivity index is 1.74. The molecule has 6 nitrogen and oxygen atoms in total. The molecule has 0 aliphatic carbocycles. The molecule has 7 heteroatoms. The smallest absolute Gasteiger partial charge is 0.243 e. The molecule has 1 heterocycles. The van der Waals surface area contributed by atoms with Crippen molar-refractivity contribution >= 4 is 10.0 Å². The van der Waals surface area contributed by atoms with Gasteiger partial charge < -0.3 is 5.11 Å². The highest BCUT2D eigenvalue weighted by Crippen LogP contribution is 2.25. The number of rotatable bonds is 7. The monoisotopic (exact) mass is 461 g/mol. The average Bonchev–Trinajstić information content (AvgIpc) is 3.21. The maximum absolute atomic E-state index is 12.8. The highest BCUT2D eigenvalue weighted by Gasteiger charge is 2.24. The molecular weight excluding hydrogens is 434 g/mol. The summed E-state index contributed by atoms with van der Waals surface area (Å²) in [6, 6.07) is 23.7. The number of nitrogens with one attached hydrogen (secondary N) is 1. The van der Waals surface area contributed by atoms with Gasteiger partial charge in [-0.15, -0.1) is 0 Å². The lowest BCUT2D eigenvalue weighted by molar-refractivity contribution is 0.155. The first-order chi connectivity index (χ1) is 15.7. The first-order valence-electron chi connectivity index (χ1n) is 10.7. The molecule has 0 aliphatic heterocycles. The second-order valence-electron chi connectivity index (χ2n) is 8.19. The van der Waals surface area contributed by atoms with E-state index in [4.69, 9.17) is 5.10 Å². The molecule has 1 atom stereocenters. The molecule has 0 saturated carbocycles. The minimum Gasteiger partial charge on any atom is -0.372 e. The van der Waals surface area contributed by atoms with Crippen molar-refractivity contribution in [3.05, 3.63) is 107 Å². The predicted octanol–water partition coefficient (Wildman–Crippen LogP) is 4.49. The number of aromatic nitrogens is 2. The van der Waals surface area contributed by atoms with Crippen molar-refractivity contribution in [1.82, 2.24) is 14.5 Å². The molecule has 1 aromatic heterocycles. The lowest BCUT2D eigenvalue weighted by Gasteiger charge is -2.17. The Morgan fingerprint density at radius 3 is 2.18 bits per heavy atom. The number of aliphatic hydroxyl groups is 1. The summed E-state index contributed by atoms with van der Waals surface area (Å²) < 4.78 is 29.7. The van der Waals surface area contributed by atoms with Gasteiger partial charge in [0.1, 0.15) is 0 Å². The van der Waals surface area contributed by atoms with Crippen LogP contribution in [0.2, 0.25) is 0 Å². The minimum absolute atomic E-state index is 0.0867. The van der Waals surface area contributed by atoms with E-state index in [9.17, 15) is 13.5 Å². The molecule has 0 aliphatic rings. The summed E-state index contributed by atoms with van der Waals surface area (Å²) in [6.07, 6.45) is -1.47. The zero-order valence-corrected chi connectivity index (χ0v) is 19.7. The Morgan fingerprint density at radius 2 is 1.55 bits per heavy atom. The number of hydrogen-bond donors (Lipinski definition) is 2. The van der Waals surface area contributed by atoms with Gasteiger partial charge in [0, 0.05) is 5.56 Å². The van der Waals surface area contributed by atoms with Crippen LogP contribution in [0.1, 0.15) is 34.2 Å². The molecule has 0 bridgehead atoms. The van der Waals surface area contributed by atoms with Crippen LogP contribution in [0.5, 0.6) is 0 Å². The predicted molar refractivity (Wildman–Crippen MR) is 129 cm³/mol. The van der Waals surface area contributed by atoms with Crippen molar-refractivity contribution in [3.63, 3.8) is 0 Å². The van der Waals surface area contributed by atoms with Gasteiger partial charge in [-0.1, -0.05) is 66.2 Å². The second kappa shape index (κ2) is 9.31. The van der Waals surface area contributed by atoms with Crippen molar-refractivity contribution in [3.8, 4) is 11.3 Å². The second-order valence-corrected chi connectivity index (χ2v) is 9.90. The van der Waals surface area contributed by atoms with E-state index in [2.05, 4.69) is 4.72 Å². The van der Waals surface area contributed by atoms with Gasteiger partial charge in [-0.3, -0.25) is 4.68 Å². The molecule has 2 N–H and O–H groups in total. The number of nitrogens with zero attached hydrogens (tertiary/aromatic N) is 2. The number of benzene rings is 3. The number of hydrogen-bond acceptors (Lipinski definition) is 4. The van der Waals surface area contributed by atoms with E-state index in [-0.39, 0.29) is 4.90 Å². The van der Waals surface area contributed by atoms with Crippen LogP contribution in [-0.4, -0.2) is 23.3 Å². The fourth-order valence-corrected chi connectivity index (χ4v) is 4.83. The van der Waals surface area contributed by atoms with Crippen LogP contribution in [0.3, 0.4) is 0 Å². The van der Waals surface area contributed by atoms with Gasteiger partial charge in [-0.2, -0.15) is 9.82 Å². The number of sulfonamides is 1. The summed E-state index contributed by atoms with van der Waals surface area (Å²) in [6.45, 7) is 6.47. The lowest BCUT2D eigenvalue weighted by Crippen LogP contribution is -2.30. The molecule has 4 aromatic rings. The number of aryl methyl sites for hydroxylation is 3. The zero-order valence-electron chi connectivity index (χ0n) is 18.9. The summed E-state index contributed by atoms with van der Waals surface area (Å²) in [7, 11) is -3.92. The van der Waals surface area contributed by atoms with Crippen molar-refractivity contribution in [2.75, 3.05) is 0 Å². The third-order valence-electron chi connectivity index (χ3n) is 5.71. The van der Waals surface area contributed by atoms with E-state index >= 15 is 0 Å². The zero-order chi connectivity index (χ0) is 23.6. The van der Waals surface area contributed by atoms with Crippen LogP contribution in [0.15, 0.2) is 83.8 Å². The first kappa shape index (κ1) is 22.9. The Bertz CT molecular complexity index is 1340. The summed E-state index contributed by atoms with van der Waals surface area (Å²) in [5, 5.41) is 15.7. The standard InChI is InChI=1S/C26H27N3O3S/c1-18-12-14-21(15-13-18)24-16-25(26(30)28-33(31,32)22-10-5-4-6-11-22)29(27-24)17-23-19(2)8-7-9-20(23)3/h4-16,26,28,30H,17H2,1-3H3. The van der Waals surface area contributed by atoms with E-state index in [1.807, 2.05) is 63.2 Å². The van der Waals surface area contributed by atoms with E-state index in [1.54, 1.807) is 28.9 Å². The maximum atomic E-state index is 12.8. The van der Waals surface area contributed by atoms with Gasteiger partial charge in [0.15, 0.2) is 6.23 Å². The van der Waals surface area contributed by atoms with Crippen molar-refractivity contribution in [2.45, 2.75) is 38.4 Å². The van der Waals surface area contributed by atoms with E-state index in [0.29, 0.717) is 17.9 Å². The molecular formula is C26H27N3O3S. The molecule has 1 unspecified atom stereocenters. The molecule has 0 fully saturated rings. The quantitative estimate of drug-likeness (QED) is 0.397. The van der Waals surface area contributed by atoms with Gasteiger partial charge in [-0.05, 0) is 55.7 Å². The molecule has 0 saturated heterocycles. The third-order valence-corrected chi connectivity index (χ3v) is 7.14. The van der Waals surface area contributed by atoms with Gasteiger partial charge in [0.2, 0.25) is 10.0 Å². The highest BCUT2D eigenvalue weighted by atomic mass is 32.2. The van der Waals surface area contributed by atoms with Gasteiger partial charge >= 0.3 is 0 Å². The van der Waals surface area contributed by atoms with E-state index < -0.39 is 16.3 Å². The average molecular weight is 462 g/mol. The maximum Gasteiger partial charge on any atom is 0.243 e. The summed E-state index contributed by atoms with van der Waals surface area (Å²) in [5.41, 5.74) is 6.34. The van der Waals surface area contributed by atoms with Crippen LogP contribution >= 0.6 is 0 Å². The Morgan fingerprint density at radius 1 is 0.909 bits per heavy atom. The first-order valence-corrected chi connectivity index (χ1v) is 12.2. The van der Waals surface area contributed by atoms with Crippen LogP contribution in [-0.2, 0) is 16.6 Å². The molecule has 0 amide bonds. The van der Waals surface area contributed by atoms with Crippen LogP contribution in [0.4, 0.5) is 0 Å². The fourth-order valence-electron chi connectivity index (χ4n) is 3.77. The summed E-state index contributed by atoms with van der Waals surface area (Å²) in [4.78, 5) is 0.0867. The van der Waals surface area contributed by atoms with Crippen LogP contribution in [0, 0.1) is 20.8 Å². The fraction of sp³-hybridized carbons (Fsp3) is 0.192. The SMILES string of the molecule is Cc1ccc(-c2cc(C(O)NS(=O)(=O)c3ccccc3)n(Cc3c(C)cccc3C)n2)cc1. The number of aliphatic hydroxyl groups excluding tert-OH is 1. The van der Waals surface area contributed by atoms with Gasteiger partial charge in [-0.25, -0.2) is 8.42 Å². The normalized spacial score (nSPS) is 12.6. The minimum atomic E-state index is -3.92. The highest BCUT2D eigenvalue weighted by molar-refractivity contribution is 7.89. The van der Waals surface area contributed by atoms with Gasteiger partial charge in [0.25, 0.3) is 0 Å². The lowest BCUT2D eigenvalue weighted by atomic mass is 10.0. The van der Waals surface area contributed by atoms with Crippen LogP contribution < -0.4 is 4.72 Å². The molecule has 0 spiro atoms. The van der Waals surface area contributed by atoms with Gasteiger partial charge in [0.05, 0.1) is 22.8 Å². The van der Waals surface area contributed by atoms with E-state index in [0.717, 1.165) is 27.8 Å². The Hall–Kier alpha value is -3.26. The summed E-state index contributed by atoms with van der Waals surface area (Å²) >= 11 is 0. The summed E-state index contributed by atoms with van der Waals surface area (Å²) in [5.74, 6) is 0. The Labute approximate surface area is 194 Å². The van der Waals surface area contributed by atoms with E-state index in [1.165, 1.54) is 12.1 Å². The molecule has 170 valence electrons. The van der Waals surface area contributed by atoms with Crippen molar-refractivity contribution < 1.29 is 13.5 Å².